The molecule has 0 heterocycles. The third kappa shape index (κ3) is 4.63. The van der Waals surface area contributed by atoms with Gasteiger partial charge in [0, 0.05) is 11.6 Å². The van der Waals surface area contributed by atoms with Crippen molar-refractivity contribution < 1.29 is 23.8 Å². The standard InChI is InChI=1S/C15H22N2O5/c1-15(2,3)22-14(19)17-10-7-13(21-5)12(20-4)6-9(10)11(18)8-16/h6-7H,8,16H2,1-5H3,(H,17,19). The first-order valence-corrected chi connectivity index (χ1v) is 6.71. The Morgan fingerprint density at radius 3 is 2.14 bits per heavy atom. The number of ketones is 1. The minimum absolute atomic E-state index is 0.196. The number of carbonyl (C=O) groups is 2. The monoisotopic (exact) mass is 310 g/mol. The highest BCUT2D eigenvalue weighted by Gasteiger charge is 2.21. The molecule has 1 amide bonds. The smallest absolute Gasteiger partial charge is 0.412 e. The van der Waals surface area contributed by atoms with Crippen LogP contribution in [0.15, 0.2) is 12.1 Å². The highest BCUT2D eigenvalue weighted by atomic mass is 16.6. The number of carbonyl (C=O) groups excluding carboxylic acids is 2. The van der Waals surface area contributed by atoms with Gasteiger partial charge in [0.15, 0.2) is 17.3 Å². The van der Waals surface area contributed by atoms with Gasteiger partial charge in [0.05, 0.1) is 26.5 Å². The van der Waals surface area contributed by atoms with Gasteiger partial charge in [-0.15, -0.1) is 0 Å². The summed E-state index contributed by atoms with van der Waals surface area (Å²) in [6.45, 7) is 5.03. The summed E-state index contributed by atoms with van der Waals surface area (Å²) in [6.07, 6.45) is -0.675. The second-order valence-corrected chi connectivity index (χ2v) is 5.51. The van der Waals surface area contributed by atoms with Gasteiger partial charge in [0.1, 0.15) is 5.60 Å². The van der Waals surface area contributed by atoms with Crippen LogP contribution in [0.2, 0.25) is 0 Å². The van der Waals surface area contributed by atoms with E-state index in [4.69, 9.17) is 19.9 Å². The molecule has 1 aromatic carbocycles. The van der Waals surface area contributed by atoms with E-state index in [9.17, 15) is 9.59 Å². The van der Waals surface area contributed by atoms with E-state index in [2.05, 4.69) is 5.32 Å². The van der Waals surface area contributed by atoms with Gasteiger partial charge in [-0.1, -0.05) is 0 Å². The third-order valence-corrected chi connectivity index (χ3v) is 2.65. The van der Waals surface area contributed by atoms with Crippen LogP contribution in [-0.2, 0) is 4.74 Å². The average Bonchev–Trinajstić information content (AvgIpc) is 2.43. The fraction of sp³-hybridized carbons (Fsp3) is 0.467. The molecule has 0 unspecified atom stereocenters. The molecule has 0 bridgehead atoms. The van der Waals surface area contributed by atoms with E-state index in [0.717, 1.165) is 0 Å². The van der Waals surface area contributed by atoms with E-state index in [0.29, 0.717) is 11.5 Å². The van der Waals surface area contributed by atoms with Crippen LogP contribution in [0.25, 0.3) is 0 Å². The SMILES string of the molecule is COc1cc(NC(=O)OC(C)(C)C)c(C(=O)CN)cc1OC. The van der Waals surface area contributed by atoms with Crippen molar-refractivity contribution in [2.75, 3.05) is 26.1 Å². The summed E-state index contributed by atoms with van der Waals surface area (Å²) in [6, 6.07) is 2.96. The van der Waals surface area contributed by atoms with Gasteiger partial charge in [-0.25, -0.2) is 4.79 Å². The lowest BCUT2D eigenvalue weighted by atomic mass is 10.1. The Hall–Kier alpha value is -2.28. The van der Waals surface area contributed by atoms with Gasteiger partial charge >= 0.3 is 6.09 Å². The molecule has 1 rings (SSSR count). The molecule has 0 fully saturated rings. The maximum Gasteiger partial charge on any atom is 0.412 e. The zero-order valence-corrected chi connectivity index (χ0v) is 13.5. The molecule has 3 N–H and O–H groups in total. The largest absolute Gasteiger partial charge is 0.493 e. The summed E-state index contributed by atoms with van der Waals surface area (Å²) in [5, 5.41) is 2.54. The average molecular weight is 310 g/mol. The van der Waals surface area contributed by atoms with E-state index in [1.165, 1.54) is 26.4 Å². The molecular weight excluding hydrogens is 288 g/mol. The van der Waals surface area contributed by atoms with Crippen LogP contribution in [0, 0.1) is 0 Å². The summed E-state index contributed by atoms with van der Waals surface area (Å²) < 4.78 is 15.5. The summed E-state index contributed by atoms with van der Waals surface area (Å²) in [4.78, 5) is 23.9. The molecular formula is C15H22N2O5. The van der Waals surface area contributed by atoms with Crippen molar-refractivity contribution in [3.8, 4) is 11.5 Å². The van der Waals surface area contributed by atoms with Gasteiger partial charge in [0.25, 0.3) is 0 Å². The first-order chi connectivity index (χ1) is 10.2. The Labute approximate surface area is 129 Å². The molecule has 0 radical (unpaired) electrons. The van der Waals surface area contributed by atoms with Crippen molar-refractivity contribution in [2.24, 2.45) is 5.73 Å². The Morgan fingerprint density at radius 1 is 1.14 bits per heavy atom. The zero-order valence-electron chi connectivity index (χ0n) is 13.5. The molecule has 0 spiro atoms. The first kappa shape index (κ1) is 17.8. The normalized spacial score (nSPS) is 10.8. The Morgan fingerprint density at radius 2 is 1.68 bits per heavy atom. The van der Waals surface area contributed by atoms with Crippen molar-refractivity contribution >= 4 is 17.6 Å². The van der Waals surface area contributed by atoms with Crippen molar-refractivity contribution in [1.82, 2.24) is 0 Å². The molecule has 1 aromatic rings. The van der Waals surface area contributed by atoms with Crippen LogP contribution < -0.4 is 20.5 Å². The lowest BCUT2D eigenvalue weighted by Gasteiger charge is -2.21. The Bertz CT molecular complexity index is 564. The van der Waals surface area contributed by atoms with Crippen LogP contribution in [0.4, 0.5) is 10.5 Å². The minimum Gasteiger partial charge on any atom is -0.493 e. The van der Waals surface area contributed by atoms with Crippen LogP contribution >= 0.6 is 0 Å². The lowest BCUT2D eigenvalue weighted by molar-refractivity contribution is 0.0636. The zero-order chi connectivity index (χ0) is 16.9. The molecule has 0 aliphatic rings. The third-order valence-electron chi connectivity index (χ3n) is 2.65. The van der Waals surface area contributed by atoms with E-state index in [-0.39, 0.29) is 23.6 Å². The molecule has 7 heteroatoms. The van der Waals surface area contributed by atoms with Crippen molar-refractivity contribution in [3.63, 3.8) is 0 Å². The molecule has 122 valence electrons. The minimum atomic E-state index is -0.675. The predicted octanol–water partition coefficient (Wildman–Crippen LogP) is 2.19. The van der Waals surface area contributed by atoms with E-state index in [1.54, 1.807) is 20.8 Å². The quantitative estimate of drug-likeness (QED) is 0.809. The maximum atomic E-state index is 12.0. The van der Waals surface area contributed by atoms with Gasteiger partial charge in [0.2, 0.25) is 0 Å². The van der Waals surface area contributed by atoms with Crippen LogP contribution in [0.3, 0.4) is 0 Å². The highest BCUT2D eigenvalue weighted by molar-refractivity contribution is 6.05. The van der Waals surface area contributed by atoms with E-state index >= 15 is 0 Å². The van der Waals surface area contributed by atoms with Crippen LogP contribution in [-0.4, -0.2) is 38.2 Å². The first-order valence-electron chi connectivity index (χ1n) is 6.71. The van der Waals surface area contributed by atoms with Gasteiger partial charge < -0.3 is 19.9 Å². The topological polar surface area (TPSA) is 99.9 Å². The van der Waals surface area contributed by atoms with Gasteiger partial charge in [-0.05, 0) is 26.8 Å². The molecule has 0 aromatic heterocycles. The fourth-order valence-electron chi connectivity index (χ4n) is 1.74. The van der Waals surface area contributed by atoms with Crippen molar-refractivity contribution in [2.45, 2.75) is 26.4 Å². The number of amides is 1. The summed E-state index contributed by atoms with van der Waals surface area (Å²) >= 11 is 0. The second kappa shape index (κ2) is 7.13. The number of anilines is 1. The van der Waals surface area contributed by atoms with Crippen molar-refractivity contribution in [1.29, 1.82) is 0 Å². The summed E-state index contributed by atoms with van der Waals surface area (Å²) in [7, 11) is 2.91. The number of hydrogen-bond acceptors (Lipinski definition) is 6. The summed E-state index contributed by atoms with van der Waals surface area (Å²) in [5.41, 5.74) is 5.23. The number of Topliss-reactive ketones (excluding diaryl/α,β-unsaturated/α-hetero) is 1. The number of rotatable bonds is 5. The van der Waals surface area contributed by atoms with E-state index in [1.807, 2.05) is 0 Å². The number of hydrogen-bond donors (Lipinski definition) is 2. The van der Waals surface area contributed by atoms with Gasteiger partial charge in [-0.3, -0.25) is 10.1 Å². The molecule has 22 heavy (non-hydrogen) atoms. The maximum absolute atomic E-state index is 12.0. The Balaban J connectivity index is 3.20. The predicted molar refractivity (Wildman–Crippen MR) is 82.8 cm³/mol. The highest BCUT2D eigenvalue weighted by Crippen LogP contribution is 2.33. The number of nitrogens with two attached hydrogens (primary N) is 1. The number of benzene rings is 1. The number of ether oxygens (including phenoxy) is 3. The molecule has 0 aliphatic carbocycles. The summed E-state index contributed by atoms with van der Waals surface area (Å²) in [5.74, 6) is 0.406. The molecule has 0 saturated carbocycles. The van der Waals surface area contributed by atoms with Crippen LogP contribution in [0.1, 0.15) is 31.1 Å². The molecule has 0 aliphatic heterocycles. The van der Waals surface area contributed by atoms with E-state index < -0.39 is 11.7 Å². The lowest BCUT2D eigenvalue weighted by Crippen LogP contribution is -2.28. The number of nitrogens with one attached hydrogen (secondary N) is 1. The van der Waals surface area contributed by atoms with Gasteiger partial charge in [-0.2, -0.15) is 0 Å². The van der Waals surface area contributed by atoms with Crippen molar-refractivity contribution in [3.05, 3.63) is 17.7 Å². The molecule has 0 atom stereocenters. The molecule has 0 saturated heterocycles. The fourth-order valence-corrected chi connectivity index (χ4v) is 1.74. The van der Waals surface area contributed by atoms with Crippen LogP contribution in [0.5, 0.6) is 11.5 Å². The Kier molecular flexibility index (Phi) is 5.76. The second-order valence-electron chi connectivity index (χ2n) is 5.51. The molecule has 7 nitrogen and oxygen atoms in total. The number of methoxy groups -OCH3 is 2.